The monoisotopic (exact) mass is 271 g/mol. The van der Waals surface area contributed by atoms with Gasteiger partial charge in [0, 0.05) is 17.7 Å². The van der Waals surface area contributed by atoms with E-state index in [0.29, 0.717) is 11.4 Å². The maximum absolute atomic E-state index is 12.0. The first-order valence-electron chi connectivity index (χ1n) is 5.86. The van der Waals surface area contributed by atoms with Gasteiger partial charge in [-0.3, -0.25) is 4.79 Å². The zero-order chi connectivity index (χ0) is 13.7. The van der Waals surface area contributed by atoms with Gasteiger partial charge in [-0.15, -0.1) is 0 Å². The van der Waals surface area contributed by atoms with Crippen molar-refractivity contribution in [2.45, 2.75) is 26.3 Å². The highest BCUT2D eigenvalue weighted by atomic mass is 35.5. The molecule has 0 bridgehead atoms. The molecule has 1 atom stereocenters. The van der Waals surface area contributed by atoms with E-state index in [1.54, 1.807) is 0 Å². The summed E-state index contributed by atoms with van der Waals surface area (Å²) in [6.45, 7) is 3.92. The fourth-order valence-corrected chi connectivity index (χ4v) is 1.82. The van der Waals surface area contributed by atoms with Crippen molar-refractivity contribution in [2.24, 2.45) is 5.92 Å². The van der Waals surface area contributed by atoms with Crippen molar-refractivity contribution < 1.29 is 15.0 Å². The van der Waals surface area contributed by atoms with Crippen LogP contribution in [-0.2, 0) is 0 Å². The molecule has 0 saturated heterocycles. The van der Waals surface area contributed by atoms with Crippen LogP contribution in [0.1, 0.15) is 30.6 Å². The van der Waals surface area contributed by atoms with Gasteiger partial charge in [0.2, 0.25) is 0 Å². The Labute approximate surface area is 112 Å². The lowest BCUT2D eigenvalue weighted by atomic mass is 10.0. The van der Waals surface area contributed by atoms with Gasteiger partial charge in [-0.1, -0.05) is 25.4 Å². The number of phenolic OH excluding ortho intramolecular Hbond substituents is 1. The van der Waals surface area contributed by atoms with Gasteiger partial charge >= 0.3 is 0 Å². The number of benzene rings is 1. The van der Waals surface area contributed by atoms with Crippen LogP contribution in [0.4, 0.5) is 0 Å². The zero-order valence-electron chi connectivity index (χ0n) is 10.5. The van der Waals surface area contributed by atoms with Gasteiger partial charge in [0.15, 0.2) is 0 Å². The molecule has 1 unspecified atom stereocenters. The van der Waals surface area contributed by atoms with Crippen molar-refractivity contribution >= 4 is 17.5 Å². The maximum Gasteiger partial charge on any atom is 0.255 e. The number of phenols is 1. The first kappa shape index (κ1) is 14.8. The summed E-state index contributed by atoms with van der Waals surface area (Å²) in [6.07, 6.45) is 0.477. The standard InChI is InChI=1S/C13H18ClNO3/c1-8(2)11(5-6-16)15-13(18)10-7-9(14)3-4-12(10)17/h3-4,7-8,11,16-17H,5-6H2,1-2H3,(H,15,18). The van der Waals surface area contributed by atoms with Crippen molar-refractivity contribution in [3.8, 4) is 5.75 Å². The summed E-state index contributed by atoms with van der Waals surface area (Å²) in [6, 6.07) is 4.18. The highest BCUT2D eigenvalue weighted by Gasteiger charge is 2.18. The number of carbonyl (C=O) groups excluding carboxylic acids is 1. The minimum atomic E-state index is -0.387. The molecule has 1 aromatic carbocycles. The Kier molecular flexibility index (Phi) is 5.44. The maximum atomic E-state index is 12.0. The molecule has 0 aromatic heterocycles. The Morgan fingerprint density at radius 1 is 1.44 bits per heavy atom. The number of aromatic hydroxyl groups is 1. The second kappa shape index (κ2) is 6.61. The number of rotatable bonds is 5. The topological polar surface area (TPSA) is 69.6 Å². The fraction of sp³-hybridized carbons (Fsp3) is 0.462. The zero-order valence-corrected chi connectivity index (χ0v) is 11.2. The van der Waals surface area contributed by atoms with E-state index in [0.717, 1.165) is 0 Å². The normalized spacial score (nSPS) is 12.5. The van der Waals surface area contributed by atoms with Crippen molar-refractivity contribution in [3.05, 3.63) is 28.8 Å². The summed E-state index contributed by atoms with van der Waals surface area (Å²) >= 11 is 5.79. The smallest absolute Gasteiger partial charge is 0.255 e. The highest BCUT2D eigenvalue weighted by Crippen LogP contribution is 2.21. The SMILES string of the molecule is CC(C)C(CCO)NC(=O)c1cc(Cl)ccc1O. The number of aliphatic hydroxyl groups excluding tert-OH is 1. The number of nitrogens with one attached hydrogen (secondary N) is 1. The molecule has 0 saturated carbocycles. The third-order valence-corrected chi connectivity index (χ3v) is 3.00. The summed E-state index contributed by atoms with van der Waals surface area (Å²) in [5, 5.41) is 21.7. The van der Waals surface area contributed by atoms with E-state index in [2.05, 4.69) is 5.32 Å². The lowest BCUT2D eigenvalue weighted by Gasteiger charge is -2.21. The molecule has 0 aliphatic rings. The molecule has 0 spiro atoms. The number of aliphatic hydroxyl groups is 1. The summed E-state index contributed by atoms with van der Waals surface area (Å²) < 4.78 is 0. The average molecular weight is 272 g/mol. The van der Waals surface area contributed by atoms with E-state index < -0.39 is 0 Å². The average Bonchev–Trinajstić information content (AvgIpc) is 2.31. The molecule has 1 rings (SSSR count). The van der Waals surface area contributed by atoms with Crippen LogP contribution in [0, 0.1) is 5.92 Å². The molecule has 0 fully saturated rings. The van der Waals surface area contributed by atoms with E-state index in [4.69, 9.17) is 16.7 Å². The second-order valence-electron chi connectivity index (χ2n) is 4.50. The Hall–Kier alpha value is -1.26. The summed E-state index contributed by atoms with van der Waals surface area (Å²) in [5.74, 6) is -0.298. The molecule has 1 aromatic rings. The molecule has 100 valence electrons. The van der Waals surface area contributed by atoms with Crippen LogP contribution < -0.4 is 5.32 Å². The molecule has 3 N–H and O–H groups in total. The van der Waals surface area contributed by atoms with E-state index in [1.807, 2.05) is 13.8 Å². The van der Waals surface area contributed by atoms with Gasteiger partial charge in [-0.25, -0.2) is 0 Å². The van der Waals surface area contributed by atoms with Crippen LogP contribution in [0.2, 0.25) is 5.02 Å². The number of halogens is 1. The Morgan fingerprint density at radius 3 is 2.67 bits per heavy atom. The van der Waals surface area contributed by atoms with Crippen LogP contribution in [0.15, 0.2) is 18.2 Å². The van der Waals surface area contributed by atoms with Crippen LogP contribution in [0.3, 0.4) is 0 Å². The Morgan fingerprint density at radius 2 is 2.11 bits per heavy atom. The molecule has 4 nitrogen and oxygen atoms in total. The van der Waals surface area contributed by atoms with E-state index in [9.17, 15) is 9.90 Å². The minimum Gasteiger partial charge on any atom is -0.507 e. The van der Waals surface area contributed by atoms with Gasteiger partial charge in [0.1, 0.15) is 5.75 Å². The first-order valence-corrected chi connectivity index (χ1v) is 6.23. The molecule has 0 aliphatic heterocycles. The van der Waals surface area contributed by atoms with E-state index >= 15 is 0 Å². The van der Waals surface area contributed by atoms with Crippen LogP contribution in [0.25, 0.3) is 0 Å². The predicted molar refractivity (Wildman–Crippen MR) is 70.9 cm³/mol. The number of carbonyl (C=O) groups is 1. The Balaban J connectivity index is 2.83. The van der Waals surface area contributed by atoms with Gasteiger partial charge in [0.25, 0.3) is 5.91 Å². The molecule has 0 heterocycles. The summed E-state index contributed by atoms with van der Waals surface area (Å²) in [5.41, 5.74) is 0.145. The quantitative estimate of drug-likeness (QED) is 0.769. The lowest BCUT2D eigenvalue weighted by Crippen LogP contribution is -2.39. The van der Waals surface area contributed by atoms with Gasteiger partial charge in [-0.2, -0.15) is 0 Å². The molecular formula is C13H18ClNO3. The van der Waals surface area contributed by atoms with E-state index in [1.165, 1.54) is 18.2 Å². The fourth-order valence-electron chi connectivity index (χ4n) is 1.65. The first-order chi connectivity index (χ1) is 8.45. The molecule has 0 radical (unpaired) electrons. The molecular weight excluding hydrogens is 254 g/mol. The summed E-state index contributed by atoms with van der Waals surface area (Å²) in [4.78, 5) is 12.0. The number of hydrogen-bond acceptors (Lipinski definition) is 3. The van der Waals surface area contributed by atoms with Crippen LogP contribution in [-0.4, -0.2) is 28.8 Å². The molecule has 1 amide bonds. The lowest BCUT2D eigenvalue weighted by molar-refractivity contribution is 0.0914. The van der Waals surface area contributed by atoms with Crippen molar-refractivity contribution in [3.63, 3.8) is 0 Å². The third kappa shape index (κ3) is 3.89. The predicted octanol–water partition coefficient (Wildman–Crippen LogP) is 2.18. The van der Waals surface area contributed by atoms with Gasteiger partial charge < -0.3 is 15.5 Å². The van der Waals surface area contributed by atoms with Gasteiger partial charge in [0.05, 0.1) is 5.56 Å². The second-order valence-corrected chi connectivity index (χ2v) is 4.93. The third-order valence-electron chi connectivity index (χ3n) is 2.76. The van der Waals surface area contributed by atoms with Crippen molar-refractivity contribution in [2.75, 3.05) is 6.61 Å². The van der Waals surface area contributed by atoms with Crippen LogP contribution >= 0.6 is 11.6 Å². The molecule has 5 heteroatoms. The van der Waals surface area contributed by atoms with Crippen molar-refractivity contribution in [1.29, 1.82) is 0 Å². The minimum absolute atomic E-state index is 0.00462. The largest absolute Gasteiger partial charge is 0.507 e. The van der Waals surface area contributed by atoms with E-state index in [-0.39, 0.29) is 35.8 Å². The number of hydrogen-bond donors (Lipinski definition) is 3. The van der Waals surface area contributed by atoms with Crippen molar-refractivity contribution in [1.82, 2.24) is 5.32 Å². The summed E-state index contributed by atoms with van der Waals surface area (Å²) in [7, 11) is 0. The highest BCUT2D eigenvalue weighted by molar-refractivity contribution is 6.31. The molecule has 18 heavy (non-hydrogen) atoms. The van der Waals surface area contributed by atoms with Gasteiger partial charge in [-0.05, 0) is 30.5 Å². The number of amides is 1. The Bertz CT molecular complexity index is 421. The molecule has 0 aliphatic carbocycles. The van der Waals surface area contributed by atoms with Crippen LogP contribution in [0.5, 0.6) is 5.75 Å².